The van der Waals surface area contributed by atoms with E-state index in [1.807, 2.05) is 28.1 Å². The number of aryl methyl sites for hydroxylation is 1. The molecule has 1 rings (SSSR count). The second kappa shape index (κ2) is 5.65. The monoisotopic (exact) mass is 377 g/mol. The molecule has 0 N–H and O–H groups in total. The maximum absolute atomic E-state index is 11.9. The standard InChI is InChI=1S/C7H9ClIN3OS2/c1-5-6(3-10-7(8)11-5)4-15(2,13)12-14-9/h3H,4H2,1-2H3. The van der Waals surface area contributed by atoms with Crippen molar-refractivity contribution in [1.29, 1.82) is 0 Å². The van der Waals surface area contributed by atoms with Gasteiger partial charge in [0.15, 0.2) is 0 Å². The number of halogens is 2. The summed E-state index contributed by atoms with van der Waals surface area (Å²) < 4.78 is 15.9. The lowest BCUT2D eigenvalue weighted by molar-refractivity contribution is 0.680. The van der Waals surface area contributed by atoms with Crippen molar-refractivity contribution >= 4 is 51.7 Å². The van der Waals surface area contributed by atoms with Crippen molar-refractivity contribution < 1.29 is 4.21 Å². The van der Waals surface area contributed by atoms with Crippen molar-refractivity contribution in [2.75, 3.05) is 6.26 Å². The van der Waals surface area contributed by atoms with Crippen LogP contribution in [0, 0.1) is 6.92 Å². The van der Waals surface area contributed by atoms with Crippen LogP contribution in [0.4, 0.5) is 0 Å². The lowest BCUT2D eigenvalue weighted by Gasteiger charge is -2.05. The van der Waals surface area contributed by atoms with E-state index in [2.05, 4.69) is 13.7 Å². The predicted molar refractivity (Wildman–Crippen MR) is 73.6 cm³/mol. The molecule has 4 nitrogen and oxygen atoms in total. The summed E-state index contributed by atoms with van der Waals surface area (Å²) >= 11 is 7.61. The maximum atomic E-state index is 11.9. The molecule has 8 heteroatoms. The summed E-state index contributed by atoms with van der Waals surface area (Å²) in [5.41, 5.74) is 1.57. The molecule has 0 radical (unpaired) electrons. The van der Waals surface area contributed by atoms with E-state index < -0.39 is 9.73 Å². The molecule has 0 bridgehead atoms. The van der Waals surface area contributed by atoms with Gasteiger partial charge in [0.25, 0.3) is 0 Å². The molecular weight excluding hydrogens is 369 g/mol. The zero-order valence-electron chi connectivity index (χ0n) is 8.11. The van der Waals surface area contributed by atoms with Gasteiger partial charge in [-0.25, -0.2) is 14.2 Å². The maximum Gasteiger partial charge on any atom is 0.222 e. The smallest absolute Gasteiger partial charge is 0.222 e. The van der Waals surface area contributed by atoms with Gasteiger partial charge in [-0.3, -0.25) is 0 Å². The third-order valence-corrected chi connectivity index (χ3v) is 5.62. The molecule has 1 aromatic rings. The first-order chi connectivity index (χ1) is 6.94. The Bertz CT molecular complexity index is 473. The van der Waals surface area contributed by atoms with Gasteiger partial charge in [-0.2, -0.15) is 3.77 Å². The number of hydrogen-bond donors (Lipinski definition) is 0. The van der Waals surface area contributed by atoms with Crippen molar-refractivity contribution in [1.82, 2.24) is 9.97 Å². The fraction of sp³-hybridized carbons (Fsp3) is 0.429. The third-order valence-electron chi connectivity index (χ3n) is 1.66. The molecule has 0 aromatic carbocycles. The van der Waals surface area contributed by atoms with Gasteiger partial charge in [0.05, 0.1) is 24.6 Å². The van der Waals surface area contributed by atoms with E-state index >= 15 is 0 Å². The average molecular weight is 378 g/mol. The minimum absolute atomic E-state index is 0.207. The van der Waals surface area contributed by atoms with Gasteiger partial charge in [-0.05, 0) is 18.5 Å². The Labute approximate surface area is 111 Å². The van der Waals surface area contributed by atoms with E-state index in [1.54, 1.807) is 12.5 Å². The highest BCUT2D eigenvalue weighted by molar-refractivity contribution is 14.2. The van der Waals surface area contributed by atoms with Crippen LogP contribution in [0.25, 0.3) is 0 Å². The quantitative estimate of drug-likeness (QED) is 0.461. The van der Waals surface area contributed by atoms with E-state index in [0.717, 1.165) is 11.3 Å². The first-order valence-electron chi connectivity index (χ1n) is 3.89. The predicted octanol–water partition coefficient (Wildman–Crippen LogP) is 3.03. The van der Waals surface area contributed by atoms with E-state index in [1.165, 1.54) is 9.12 Å². The number of rotatable bonds is 3. The van der Waals surface area contributed by atoms with Gasteiger partial charge >= 0.3 is 0 Å². The molecular formula is C7H9ClIN3OS2. The van der Waals surface area contributed by atoms with Crippen LogP contribution < -0.4 is 0 Å². The van der Waals surface area contributed by atoms with Crippen LogP contribution in [0.3, 0.4) is 0 Å². The van der Waals surface area contributed by atoms with Crippen molar-refractivity contribution in [2.24, 2.45) is 3.77 Å². The Kier molecular flexibility index (Phi) is 5.07. The summed E-state index contributed by atoms with van der Waals surface area (Å²) in [5, 5.41) is 0.207. The highest BCUT2D eigenvalue weighted by Crippen LogP contribution is 2.18. The molecule has 15 heavy (non-hydrogen) atoms. The molecule has 1 heterocycles. The Morgan fingerprint density at radius 1 is 1.73 bits per heavy atom. The van der Waals surface area contributed by atoms with Crippen LogP contribution in [0.15, 0.2) is 9.96 Å². The zero-order valence-corrected chi connectivity index (χ0v) is 12.7. The topological polar surface area (TPSA) is 55.2 Å². The second-order valence-electron chi connectivity index (χ2n) is 3.00. The van der Waals surface area contributed by atoms with Crippen LogP contribution >= 0.6 is 41.9 Å². The molecule has 0 saturated heterocycles. The first kappa shape index (κ1) is 13.5. The van der Waals surface area contributed by atoms with Crippen molar-refractivity contribution in [3.63, 3.8) is 0 Å². The van der Waals surface area contributed by atoms with Gasteiger partial charge in [-0.1, -0.05) is 0 Å². The highest BCUT2D eigenvalue weighted by Gasteiger charge is 2.08. The SMILES string of the molecule is Cc1nc(Cl)ncc1CS(C)(=O)=NSI. The van der Waals surface area contributed by atoms with Crippen LogP contribution in [-0.4, -0.2) is 20.4 Å². The summed E-state index contributed by atoms with van der Waals surface area (Å²) in [6.45, 7) is 1.82. The molecule has 1 unspecified atom stereocenters. The van der Waals surface area contributed by atoms with E-state index in [0.29, 0.717) is 5.75 Å². The molecule has 0 amide bonds. The lowest BCUT2D eigenvalue weighted by atomic mass is 10.3. The number of aromatic nitrogens is 2. The largest absolute Gasteiger partial charge is 0.249 e. The van der Waals surface area contributed by atoms with Crippen molar-refractivity contribution in [3.05, 3.63) is 22.7 Å². The van der Waals surface area contributed by atoms with Gasteiger partial charge < -0.3 is 0 Å². The Balaban J connectivity index is 3.01. The first-order valence-corrected chi connectivity index (χ1v) is 9.68. The van der Waals surface area contributed by atoms with E-state index in [-0.39, 0.29) is 5.28 Å². The minimum atomic E-state index is -2.21. The summed E-state index contributed by atoms with van der Waals surface area (Å²) in [4.78, 5) is 7.86. The molecule has 0 fully saturated rings. The van der Waals surface area contributed by atoms with Crippen LogP contribution in [0.1, 0.15) is 11.3 Å². The van der Waals surface area contributed by atoms with E-state index in [4.69, 9.17) is 11.6 Å². The minimum Gasteiger partial charge on any atom is -0.249 e. The van der Waals surface area contributed by atoms with E-state index in [9.17, 15) is 4.21 Å². The van der Waals surface area contributed by atoms with Crippen LogP contribution in [-0.2, 0) is 15.5 Å². The third kappa shape index (κ3) is 4.41. The molecule has 0 aliphatic carbocycles. The zero-order chi connectivity index (χ0) is 11.5. The molecule has 0 spiro atoms. The summed E-state index contributed by atoms with van der Waals surface area (Å²) in [6, 6.07) is 0. The highest BCUT2D eigenvalue weighted by atomic mass is 127. The summed E-state index contributed by atoms with van der Waals surface area (Å²) in [6.07, 6.45) is 3.22. The molecule has 84 valence electrons. The molecule has 0 aliphatic rings. The Hall–Kier alpha value is 0.400. The van der Waals surface area contributed by atoms with Gasteiger partial charge in [0.1, 0.15) is 0 Å². The Morgan fingerprint density at radius 2 is 2.40 bits per heavy atom. The molecule has 0 aliphatic heterocycles. The van der Waals surface area contributed by atoms with Crippen LogP contribution in [0.2, 0.25) is 5.28 Å². The molecule has 1 aromatic heterocycles. The fourth-order valence-corrected chi connectivity index (χ4v) is 5.76. The normalized spacial score (nSPS) is 14.7. The van der Waals surface area contributed by atoms with Crippen molar-refractivity contribution in [3.8, 4) is 0 Å². The lowest BCUT2D eigenvalue weighted by Crippen LogP contribution is -2.04. The van der Waals surface area contributed by atoms with Crippen LogP contribution in [0.5, 0.6) is 0 Å². The summed E-state index contributed by atoms with van der Waals surface area (Å²) in [7, 11) is -1.02. The number of hydrogen-bond acceptors (Lipinski definition) is 5. The number of nitrogens with zero attached hydrogens (tertiary/aromatic N) is 3. The Morgan fingerprint density at radius 3 is 2.93 bits per heavy atom. The second-order valence-corrected chi connectivity index (χ2v) is 7.46. The molecule has 1 atom stereocenters. The van der Waals surface area contributed by atoms with Gasteiger partial charge in [0.2, 0.25) is 5.28 Å². The van der Waals surface area contributed by atoms with Crippen molar-refractivity contribution in [2.45, 2.75) is 12.7 Å². The molecule has 0 saturated carbocycles. The van der Waals surface area contributed by atoms with Gasteiger partial charge in [-0.15, -0.1) is 0 Å². The summed E-state index contributed by atoms with van der Waals surface area (Å²) in [5.74, 6) is 0.353. The average Bonchev–Trinajstić information content (AvgIpc) is 2.09. The fourth-order valence-electron chi connectivity index (χ4n) is 0.980. The van der Waals surface area contributed by atoms with Gasteiger partial charge in [0, 0.05) is 44.9 Å².